The molecule has 0 saturated carbocycles. The first-order valence-corrected chi connectivity index (χ1v) is 9.24. The molecular formula is C22H19NO7. The maximum atomic E-state index is 12.3. The molecule has 0 fully saturated rings. The van der Waals surface area contributed by atoms with Crippen LogP contribution in [0.5, 0.6) is 17.2 Å². The van der Waals surface area contributed by atoms with Crippen molar-refractivity contribution in [1.82, 2.24) is 0 Å². The second kappa shape index (κ2) is 7.55. The molecule has 30 heavy (non-hydrogen) atoms. The molecule has 0 bridgehead atoms. The monoisotopic (exact) mass is 409 g/mol. The molecule has 2 aromatic carbocycles. The number of methoxy groups -OCH3 is 1. The molecule has 0 unspecified atom stereocenters. The van der Waals surface area contributed by atoms with Crippen LogP contribution in [0.3, 0.4) is 0 Å². The van der Waals surface area contributed by atoms with Crippen molar-refractivity contribution in [2.75, 3.05) is 13.7 Å². The number of rotatable bonds is 5. The molecule has 1 aliphatic rings. The fourth-order valence-electron chi connectivity index (χ4n) is 3.69. The molecule has 1 atom stereocenters. The maximum Gasteiger partial charge on any atom is 0.336 e. The Kier molecular flexibility index (Phi) is 4.91. The zero-order valence-corrected chi connectivity index (χ0v) is 16.4. The van der Waals surface area contributed by atoms with Gasteiger partial charge in [0.05, 0.1) is 13.5 Å². The molecule has 1 aliphatic heterocycles. The lowest BCUT2D eigenvalue weighted by atomic mass is 9.85. The van der Waals surface area contributed by atoms with Crippen LogP contribution in [0, 0.1) is 6.92 Å². The largest absolute Gasteiger partial charge is 0.493 e. The maximum absolute atomic E-state index is 12.3. The Morgan fingerprint density at radius 2 is 1.97 bits per heavy atom. The molecule has 0 saturated heterocycles. The summed E-state index contributed by atoms with van der Waals surface area (Å²) >= 11 is 0. The number of esters is 1. The first kappa shape index (κ1) is 19.5. The van der Waals surface area contributed by atoms with E-state index >= 15 is 0 Å². The number of hydrogen-bond acceptors (Lipinski definition) is 7. The summed E-state index contributed by atoms with van der Waals surface area (Å²) < 4.78 is 21.7. The van der Waals surface area contributed by atoms with Gasteiger partial charge in [0.2, 0.25) is 0 Å². The van der Waals surface area contributed by atoms with Gasteiger partial charge in [-0.05, 0) is 42.3 Å². The minimum Gasteiger partial charge on any atom is -0.493 e. The minimum atomic E-state index is -0.609. The zero-order chi connectivity index (χ0) is 21.4. The van der Waals surface area contributed by atoms with Gasteiger partial charge in [0.25, 0.3) is 5.91 Å². The summed E-state index contributed by atoms with van der Waals surface area (Å²) in [4.78, 5) is 35.3. The average molecular weight is 409 g/mol. The molecular weight excluding hydrogens is 390 g/mol. The number of carbonyl (C=O) groups is 2. The van der Waals surface area contributed by atoms with Gasteiger partial charge in [-0.15, -0.1) is 0 Å². The van der Waals surface area contributed by atoms with Crippen molar-refractivity contribution in [2.24, 2.45) is 5.73 Å². The average Bonchev–Trinajstić information content (AvgIpc) is 2.70. The topological polar surface area (TPSA) is 118 Å². The highest BCUT2D eigenvalue weighted by molar-refractivity contribution is 5.90. The fraction of sp³-hybridized carbons (Fsp3) is 0.227. The third-order valence-electron chi connectivity index (χ3n) is 5.02. The SMILES string of the molecule is COc1cc([C@@H]2CC(=O)Oc3ccc4c(C)cc(=O)oc4c32)ccc1OCC(N)=O. The van der Waals surface area contributed by atoms with E-state index in [1.165, 1.54) is 13.2 Å². The third kappa shape index (κ3) is 3.47. The van der Waals surface area contributed by atoms with Crippen LogP contribution >= 0.6 is 0 Å². The molecule has 0 aliphatic carbocycles. The molecule has 154 valence electrons. The van der Waals surface area contributed by atoms with E-state index in [4.69, 9.17) is 24.4 Å². The molecule has 4 rings (SSSR count). The van der Waals surface area contributed by atoms with Gasteiger partial charge < -0.3 is 24.4 Å². The van der Waals surface area contributed by atoms with Gasteiger partial charge in [0.15, 0.2) is 18.1 Å². The molecule has 2 N–H and O–H groups in total. The summed E-state index contributed by atoms with van der Waals surface area (Å²) in [6.07, 6.45) is 0.0639. The third-order valence-corrected chi connectivity index (χ3v) is 5.02. The van der Waals surface area contributed by atoms with Crippen LogP contribution in [-0.4, -0.2) is 25.6 Å². The lowest BCUT2D eigenvalue weighted by molar-refractivity contribution is -0.135. The van der Waals surface area contributed by atoms with Gasteiger partial charge in [-0.3, -0.25) is 9.59 Å². The summed E-state index contributed by atoms with van der Waals surface area (Å²) in [6, 6.07) is 10.0. The van der Waals surface area contributed by atoms with Gasteiger partial charge >= 0.3 is 11.6 Å². The standard InChI is InChI=1S/C22H19NO7/c1-11-7-19(25)30-22-13(11)4-6-16-21(22)14(9-20(26)29-16)12-3-5-15(17(8-12)27-2)28-10-18(23)24/h3-8,14H,9-10H2,1-2H3,(H2,23,24)/t14-/m0/s1. The van der Waals surface area contributed by atoms with Crippen molar-refractivity contribution >= 4 is 22.8 Å². The Balaban J connectivity index is 1.87. The normalized spacial score (nSPS) is 15.4. The van der Waals surface area contributed by atoms with Gasteiger partial charge in [-0.25, -0.2) is 4.79 Å². The second-order valence-electron chi connectivity index (χ2n) is 7.00. The summed E-state index contributed by atoms with van der Waals surface area (Å²) in [7, 11) is 1.47. The van der Waals surface area contributed by atoms with Gasteiger partial charge in [0.1, 0.15) is 11.3 Å². The number of carbonyl (C=O) groups excluding carboxylic acids is 2. The van der Waals surface area contributed by atoms with Gasteiger partial charge in [0, 0.05) is 22.9 Å². The summed E-state index contributed by atoms with van der Waals surface area (Å²) in [5, 5.41) is 0.768. The van der Waals surface area contributed by atoms with Crippen LogP contribution in [0.25, 0.3) is 11.0 Å². The Morgan fingerprint density at radius 3 is 2.70 bits per heavy atom. The summed E-state index contributed by atoms with van der Waals surface area (Å²) in [5.41, 5.74) is 7.19. The van der Waals surface area contributed by atoms with E-state index in [0.29, 0.717) is 28.4 Å². The summed E-state index contributed by atoms with van der Waals surface area (Å²) in [6.45, 7) is 1.53. The number of hydrogen-bond donors (Lipinski definition) is 1. The first-order chi connectivity index (χ1) is 14.4. The molecule has 2 heterocycles. The Bertz CT molecular complexity index is 1230. The quantitative estimate of drug-likeness (QED) is 0.390. The van der Waals surface area contributed by atoms with Crippen LogP contribution in [0.15, 0.2) is 45.6 Å². The summed E-state index contributed by atoms with van der Waals surface area (Å²) in [5.74, 6) is -0.345. The van der Waals surface area contributed by atoms with Crippen molar-refractivity contribution < 1.29 is 28.2 Å². The van der Waals surface area contributed by atoms with Crippen molar-refractivity contribution in [3.8, 4) is 17.2 Å². The highest BCUT2D eigenvalue weighted by Gasteiger charge is 2.32. The highest BCUT2D eigenvalue weighted by Crippen LogP contribution is 2.44. The minimum absolute atomic E-state index is 0.0639. The van der Waals surface area contributed by atoms with Crippen LogP contribution in [0.1, 0.15) is 29.0 Å². The van der Waals surface area contributed by atoms with Crippen molar-refractivity contribution in [2.45, 2.75) is 19.3 Å². The number of primary amides is 1. The van der Waals surface area contributed by atoms with E-state index in [9.17, 15) is 14.4 Å². The molecule has 0 spiro atoms. The van der Waals surface area contributed by atoms with E-state index in [1.807, 2.05) is 6.92 Å². The number of aryl methyl sites for hydroxylation is 1. The number of ether oxygens (including phenoxy) is 3. The molecule has 1 aromatic heterocycles. The van der Waals surface area contributed by atoms with Crippen molar-refractivity contribution in [3.05, 3.63) is 63.5 Å². The smallest absolute Gasteiger partial charge is 0.336 e. The zero-order valence-electron chi connectivity index (χ0n) is 16.4. The fourth-order valence-corrected chi connectivity index (χ4v) is 3.69. The van der Waals surface area contributed by atoms with Gasteiger partial charge in [-0.2, -0.15) is 0 Å². The van der Waals surface area contributed by atoms with Crippen LogP contribution in [-0.2, 0) is 9.59 Å². The molecule has 0 radical (unpaired) electrons. The van der Waals surface area contributed by atoms with Gasteiger partial charge in [-0.1, -0.05) is 6.07 Å². The van der Waals surface area contributed by atoms with E-state index in [0.717, 1.165) is 16.5 Å². The van der Waals surface area contributed by atoms with Crippen LogP contribution < -0.4 is 25.6 Å². The van der Waals surface area contributed by atoms with Crippen molar-refractivity contribution in [1.29, 1.82) is 0 Å². The van der Waals surface area contributed by atoms with E-state index in [2.05, 4.69) is 0 Å². The van der Waals surface area contributed by atoms with Crippen molar-refractivity contribution in [3.63, 3.8) is 0 Å². The molecule has 3 aromatic rings. The highest BCUT2D eigenvalue weighted by atomic mass is 16.5. The predicted molar refractivity (Wildman–Crippen MR) is 107 cm³/mol. The Morgan fingerprint density at radius 1 is 1.17 bits per heavy atom. The molecule has 8 nitrogen and oxygen atoms in total. The molecule has 1 amide bonds. The number of nitrogens with two attached hydrogens (primary N) is 1. The molecule has 8 heteroatoms. The van der Waals surface area contributed by atoms with E-state index in [-0.39, 0.29) is 13.0 Å². The van der Waals surface area contributed by atoms with Crippen LogP contribution in [0.4, 0.5) is 0 Å². The lowest BCUT2D eigenvalue weighted by Gasteiger charge is -2.26. The first-order valence-electron chi connectivity index (χ1n) is 9.24. The van der Waals surface area contributed by atoms with Crippen LogP contribution in [0.2, 0.25) is 0 Å². The number of benzene rings is 2. The number of fused-ring (bicyclic) bond motifs is 3. The van der Waals surface area contributed by atoms with E-state index < -0.39 is 23.4 Å². The Hall–Kier alpha value is -3.81. The second-order valence-corrected chi connectivity index (χ2v) is 7.00. The lowest BCUT2D eigenvalue weighted by Crippen LogP contribution is -2.22. The Labute approximate surface area is 171 Å². The van der Waals surface area contributed by atoms with E-state index in [1.54, 1.807) is 30.3 Å². The number of amides is 1. The predicted octanol–water partition coefficient (Wildman–Crippen LogP) is 2.42.